The molecule has 132 valence electrons. The van der Waals surface area contributed by atoms with E-state index in [1.807, 2.05) is 0 Å². The van der Waals surface area contributed by atoms with Gasteiger partial charge in [-0.3, -0.25) is 14.9 Å². The third-order valence-electron chi connectivity index (χ3n) is 3.28. The van der Waals surface area contributed by atoms with Crippen molar-refractivity contribution in [2.45, 2.75) is 30.0 Å². The molecule has 1 aliphatic heterocycles. The van der Waals surface area contributed by atoms with Gasteiger partial charge in [-0.05, 0) is 25.0 Å². The maximum absolute atomic E-state index is 12.6. The van der Waals surface area contributed by atoms with Gasteiger partial charge in [0.05, 0.1) is 27.2 Å². The highest BCUT2D eigenvalue weighted by Crippen LogP contribution is 2.36. The minimum Gasteiger partial charge on any atom is -0.462 e. The fourth-order valence-corrected chi connectivity index (χ4v) is 2.90. The van der Waals surface area contributed by atoms with Crippen LogP contribution in [0.15, 0.2) is 23.1 Å². The molecule has 0 amide bonds. The van der Waals surface area contributed by atoms with Crippen LogP contribution in [0.1, 0.15) is 18.4 Å². The minimum atomic E-state index is -4.67. The molecule has 1 saturated heterocycles. The van der Waals surface area contributed by atoms with E-state index in [0.29, 0.717) is 12.7 Å². The summed E-state index contributed by atoms with van der Waals surface area (Å²) in [7, 11) is 0. The lowest BCUT2D eigenvalue weighted by atomic mass is 10.2. The van der Waals surface area contributed by atoms with Gasteiger partial charge in [0.2, 0.25) is 0 Å². The summed E-state index contributed by atoms with van der Waals surface area (Å²) in [6, 6.07) is 2.19. The average Bonchev–Trinajstić information content (AvgIpc) is 3.03. The zero-order valence-electron chi connectivity index (χ0n) is 12.4. The summed E-state index contributed by atoms with van der Waals surface area (Å²) in [5.74, 6) is -0.844. The molecule has 1 heterocycles. The number of rotatable bonds is 6. The number of halogens is 3. The summed E-state index contributed by atoms with van der Waals surface area (Å²) in [5, 5.41) is 10.9. The van der Waals surface area contributed by atoms with Gasteiger partial charge in [-0.15, -0.1) is 11.8 Å². The molecule has 0 bridgehead atoms. The molecule has 1 fully saturated rings. The van der Waals surface area contributed by atoms with E-state index < -0.39 is 28.3 Å². The van der Waals surface area contributed by atoms with E-state index in [0.717, 1.165) is 36.7 Å². The van der Waals surface area contributed by atoms with Crippen molar-refractivity contribution in [2.75, 3.05) is 19.0 Å². The van der Waals surface area contributed by atoms with Crippen molar-refractivity contribution in [3.05, 3.63) is 33.9 Å². The van der Waals surface area contributed by atoms with Crippen LogP contribution in [0.4, 0.5) is 18.9 Å². The van der Waals surface area contributed by atoms with Gasteiger partial charge < -0.3 is 9.47 Å². The number of hydrogen-bond donors (Lipinski definition) is 0. The Morgan fingerprint density at radius 3 is 2.79 bits per heavy atom. The van der Waals surface area contributed by atoms with Crippen LogP contribution in [0.5, 0.6) is 0 Å². The van der Waals surface area contributed by atoms with Gasteiger partial charge in [0.15, 0.2) is 0 Å². The summed E-state index contributed by atoms with van der Waals surface area (Å²) in [4.78, 5) is 21.6. The normalized spacial score (nSPS) is 17.7. The van der Waals surface area contributed by atoms with Crippen molar-refractivity contribution in [1.29, 1.82) is 0 Å². The third kappa shape index (κ3) is 5.10. The lowest BCUT2D eigenvalue weighted by Crippen LogP contribution is -2.18. The lowest BCUT2D eigenvalue weighted by Gasteiger charge is -2.10. The molecule has 2 rings (SSSR count). The van der Waals surface area contributed by atoms with E-state index in [1.54, 1.807) is 0 Å². The van der Waals surface area contributed by atoms with Crippen LogP contribution in [-0.2, 0) is 20.4 Å². The molecule has 1 aromatic carbocycles. The van der Waals surface area contributed by atoms with Crippen LogP contribution < -0.4 is 0 Å². The van der Waals surface area contributed by atoms with Crippen LogP contribution >= 0.6 is 11.8 Å². The second kappa shape index (κ2) is 7.84. The van der Waals surface area contributed by atoms with Crippen LogP contribution in [0.2, 0.25) is 0 Å². The Kier molecular flexibility index (Phi) is 6.05. The molecule has 10 heteroatoms. The average molecular weight is 365 g/mol. The van der Waals surface area contributed by atoms with Crippen LogP contribution in [0.25, 0.3) is 0 Å². The van der Waals surface area contributed by atoms with Crippen molar-refractivity contribution in [1.82, 2.24) is 0 Å². The first-order valence-corrected chi connectivity index (χ1v) is 8.01. The number of esters is 1. The highest BCUT2D eigenvalue weighted by atomic mass is 32.2. The highest BCUT2D eigenvalue weighted by molar-refractivity contribution is 8.00. The predicted molar refractivity (Wildman–Crippen MR) is 78.8 cm³/mol. The predicted octanol–water partition coefficient (Wildman–Crippen LogP) is 3.43. The maximum atomic E-state index is 12.6. The third-order valence-corrected chi connectivity index (χ3v) is 4.32. The standard InChI is InChI=1S/C14H14F3NO5S/c15-14(16,17)9-3-4-12(11(6-9)18(20)21)24-8-13(19)23-7-10-2-1-5-22-10/h3-4,6,10H,1-2,5,7-8H2. The second-order valence-electron chi connectivity index (χ2n) is 5.04. The summed E-state index contributed by atoms with van der Waals surface area (Å²) in [5.41, 5.74) is -1.80. The minimum absolute atomic E-state index is 0.0259. The number of nitro groups is 1. The van der Waals surface area contributed by atoms with Crippen LogP contribution in [-0.4, -0.2) is 36.0 Å². The molecule has 24 heavy (non-hydrogen) atoms. The SMILES string of the molecule is O=C(CSc1ccc(C(F)(F)F)cc1[N+](=O)[O-])OCC1CCCO1. The summed E-state index contributed by atoms with van der Waals surface area (Å²) < 4.78 is 48.1. The van der Waals surface area contributed by atoms with Gasteiger partial charge in [0.1, 0.15) is 6.61 Å². The number of hydrogen-bond acceptors (Lipinski definition) is 6. The van der Waals surface area contributed by atoms with Crippen LogP contribution in [0.3, 0.4) is 0 Å². The Balaban J connectivity index is 1.95. The van der Waals surface area contributed by atoms with Crippen molar-refractivity contribution in [3.8, 4) is 0 Å². The zero-order chi connectivity index (χ0) is 17.7. The van der Waals surface area contributed by atoms with E-state index in [-0.39, 0.29) is 23.4 Å². The molecule has 0 radical (unpaired) electrons. The van der Waals surface area contributed by atoms with Gasteiger partial charge >= 0.3 is 12.1 Å². The molecule has 6 nitrogen and oxygen atoms in total. The molecule has 0 aromatic heterocycles. The fraction of sp³-hybridized carbons (Fsp3) is 0.500. The molecular weight excluding hydrogens is 351 g/mol. The number of nitrogens with zero attached hydrogens (tertiary/aromatic N) is 1. The molecular formula is C14H14F3NO5S. The monoisotopic (exact) mass is 365 g/mol. The van der Waals surface area contributed by atoms with Crippen molar-refractivity contribution >= 4 is 23.4 Å². The lowest BCUT2D eigenvalue weighted by molar-refractivity contribution is -0.388. The first kappa shape index (κ1) is 18.5. The van der Waals surface area contributed by atoms with Crippen LogP contribution in [0, 0.1) is 10.1 Å². The molecule has 0 N–H and O–H groups in total. The Morgan fingerprint density at radius 1 is 1.46 bits per heavy atom. The summed E-state index contributed by atoms with van der Waals surface area (Å²) >= 11 is 0.761. The van der Waals surface area contributed by atoms with Gasteiger partial charge in [-0.1, -0.05) is 0 Å². The first-order valence-electron chi connectivity index (χ1n) is 7.03. The summed E-state index contributed by atoms with van der Waals surface area (Å²) in [6.07, 6.45) is -3.12. The van der Waals surface area contributed by atoms with Gasteiger partial charge in [-0.25, -0.2) is 0 Å². The number of carbonyl (C=O) groups is 1. The van der Waals surface area contributed by atoms with E-state index in [4.69, 9.17) is 9.47 Å². The highest BCUT2D eigenvalue weighted by Gasteiger charge is 2.33. The largest absolute Gasteiger partial charge is 0.462 e. The number of nitro benzene ring substituents is 1. The van der Waals surface area contributed by atoms with E-state index in [9.17, 15) is 28.1 Å². The number of thioether (sulfide) groups is 1. The number of benzene rings is 1. The van der Waals surface area contributed by atoms with Crippen molar-refractivity contribution < 1.29 is 32.4 Å². The Bertz CT molecular complexity index is 617. The molecule has 1 atom stereocenters. The molecule has 0 saturated carbocycles. The number of alkyl halides is 3. The van der Waals surface area contributed by atoms with E-state index in [1.165, 1.54) is 0 Å². The molecule has 1 unspecified atom stereocenters. The molecule has 0 aliphatic carbocycles. The van der Waals surface area contributed by atoms with Crippen molar-refractivity contribution in [3.63, 3.8) is 0 Å². The maximum Gasteiger partial charge on any atom is 0.416 e. The Hall–Kier alpha value is -1.81. The van der Waals surface area contributed by atoms with Gasteiger partial charge in [-0.2, -0.15) is 13.2 Å². The quantitative estimate of drug-likeness (QED) is 0.333. The number of ether oxygens (including phenoxy) is 2. The van der Waals surface area contributed by atoms with Gasteiger partial charge in [0.25, 0.3) is 5.69 Å². The van der Waals surface area contributed by atoms with E-state index in [2.05, 4.69) is 0 Å². The summed E-state index contributed by atoms with van der Waals surface area (Å²) in [6.45, 7) is 0.725. The fourth-order valence-electron chi connectivity index (χ4n) is 2.10. The molecule has 1 aromatic rings. The molecule has 0 spiro atoms. The first-order chi connectivity index (χ1) is 11.3. The number of carbonyl (C=O) groups excluding carboxylic acids is 1. The van der Waals surface area contributed by atoms with Crippen molar-refractivity contribution in [2.24, 2.45) is 0 Å². The zero-order valence-corrected chi connectivity index (χ0v) is 13.2. The second-order valence-corrected chi connectivity index (χ2v) is 6.06. The Morgan fingerprint density at radius 2 is 2.21 bits per heavy atom. The van der Waals surface area contributed by atoms with E-state index >= 15 is 0 Å². The smallest absolute Gasteiger partial charge is 0.416 e. The van der Waals surface area contributed by atoms with Gasteiger partial charge in [0, 0.05) is 12.7 Å². The Labute approximate surface area is 139 Å². The molecule has 1 aliphatic rings. The topological polar surface area (TPSA) is 78.7 Å².